The molecule has 1 aromatic carbocycles. The molecule has 0 aliphatic carbocycles. The first kappa shape index (κ1) is 12.4. The largest absolute Gasteiger partial charge is 0.377 e. The molecule has 1 aliphatic rings. The molecule has 1 aromatic heterocycles. The van der Waals surface area contributed by atoms with E-state index in [0.29, 0.717) is 18.0 Å². The van der Waals surface area contributed by atoms with Gasteiger partial charge >= 0.3 is 0 Å². The summed E-state index contributed by atoms with van der Waals surface area (Å²) in [5, 5.41) is 9.69. The van der Waals surface area contributed by atoms with E-state index in [2.05, 4.69) is 15.6 Å². The van der Waals surface area contributed by atoms with Crippen molar-refractivity contribution in [3.63, 3.8) is 0 Å². The smallest absolute Gasteiger partial charge is 0.228 e. The van der Waals surface area contributed by atoms with Crippen LogP contribution in [0.25, 0.3) is 0 Å². The molecule has 0 bridgehead atoms. The van der Waals surface area contributed by atoms with Gasteiger partial charge in [0.2, 0.25) is 5.91 Å². The van der Waals surface area contributed by atoms with Crippen LogP contribution in [0.3, 0.4) is 0 Å². The lowest BCUT2D eigenvalue weighted by Crippen LogP contribution is -2.03. The SMILES string of the molecule is Cc1csc(CNc2cc3c(cc2Cl)NC(=O)C3)n1. The van der Waals surface area contributed by atoms with Gasteiger partial charge in [-0.1, -0.05) is 11.6 Å². The van der Waals surface area contributed by atoms with Crippen LogP contribution in [-0.4, -0.2) is 10.9 Å². The number of nitrogens with zero attached hydrogens (tertiary/aromatic N) is 1. The summed E-state index contributed by atoms with van der Waals surface area (Å²) in [6, 6.07) is 3.72. The van der Waals surface area contributed by atoms with Gasteiger partial charge in [-0.15, -0.1) is 11.3 Å². The van der Waals surface area contributed by atoms with Gasteiger partial charge in [-0.05, 0) is 24.6 Å². The monoisotopic (exact) mass is 293 g/mol. The van der Waals surface area contributed by atoms with Gasteiger partial charge < -0.3 is 10.6 Å². The summed E-state index contributed by atoms with van der Waals surface area (Å²) >= 11 is 7.81. The van der Waals surface area contributed by atoms with Crippen LogP contribution in [0.4, 0.5) is 11.4 Å². The fraction of sp³-hybridized carbons (Fsp3) is 0.231. The lowest BCUT2D eigenvalue weighted by molar-refractivity contribution is -0.115. The Morgan fingerprint density at radius 2 is 2.37 bits per heavy atom. The number of amides is 1. The number of benzene rings is 1. The number of hydrogen-bond acceptors (Lipinski definition) is 4. The van der Waals surface area contributed by atoms with Crippen molar-refractivity contribution in [2.75, 3.05) is 10.6 Å². The number of halogens is 1. The molecule has 0 saturated carbocycles. The first-order valence-corrected chi connectivity index (χ1v) is 7.15. The Kier molecular flexibility index (Phi) is 3.16. The fourth-order valence-corrected chi connectivity index (χ4v) is 2.98. The molecule has 2 heterocycles. The molecule has 6 heteroatoms. The highest BCUT2D eigenvalue weighted by Gasteiger charge is 2.19. The van der Waals surface area contributed by atoms with Crippen LogP contribution >= 0.6 is 22.9 Å². The number of anilines is 2. The molecular weight excluding hydrogens is 282 g/mol. The standard InChI is InChI=1S/C13H12ClN3OS/c1-7-6-19-13(16-7)5-15-11-2-8-3-12(18)17-10(8)4-9(11)14/h2,4,6,15H,3,5H2,1H3,(H,17,18). The first-order chi connectivity index (χ1) is 9.11. The van der Waals surface area contributed by atoms with E-state index < -0.39 is 0 Å². The average molecular weight is 294 g/mol. The van der Waals surface area contributed by atoms with E-state index in [1.54, 1.807) is 17.4 Å². The number of aryl methyl sites for hydroxylation is 1. The van der Waals surface area contributed by atoms with E-state index in [1.807, 2.05) is 18.4 Å². The Morgan fingerprint density at radius 3 is 3.11 bits per heavy atom. The first-order valence-electron chi connectivity index (χ1n) is 5.89. The molecule has 0 radical (unpaired) electrons. The molecule has 1 aliphatic heterocycles. The van der Waals surface area contributed by atoms with Crippen LogP contribution in [0.15, 0.2) is 17.5 Å². The quantitative estimate of drug-likeness (QED) is 0.913. The maximum atomic E-state index is 11.3. The second-order valence-corrected chi connectivity index (χ2v) is 5.80. The molecule has 2 N–H and O–H groups in total. The van der Waals surface area contributed by atoms with Crippen LogP contribution in [0.2, 0.25) is 5.02 Å². The maximum absolute atomic E-state index is 11.3. The Bertz CT molecular complexity index is 653. The van der Waals surface area contributed by atoms with Crippen molar-refractivity contribution in [1.29, 1.82) is 0 Å². The Hall–Kier alpha value is -1.59. The molecule has 4 nitrogen and oxygen atoms in total. The minimum absolute atomic E-state index is 0.0127. The number of hydrogen-bond donors (Lipinski definition) is 2. The predicted octanol–water partition coefficient (Wildman–Crippen LogP) is 3.21. The molecule has 0 fully saturated rings. The molecule has 19 heavy (non-hydrogen) atoms. The number of fused-ring (bicyclic) bond motifs is 1. The van der Waals surface area contributed by atoms with Gasteiger partial charge in [0.25, 0.3) is 0 Å². The third-order valence-corrected chi connectivity index (χ3v) is 4.19. The van der Waals surface area contributed by atoms with E-state index in [0.717, 1.165) is 27.6 Å². The lowest BCUT2D eigenvalue weighted by atomic mass is 10.1. The Morgan fingerprint density at radius 1 is 1.53 bits per heavy atom. The van der Waals surface area contributed by atoms with E-state index in [-0.39, 0.29) is 5.91 Å². The lowest BCUT2D eigenvalue weighted by Gasteiger charge is -2.09. The molecule has 0 spiro atoms. The predicted molar refractivity (Wildman–Crippen MR) is 78.0 cm³/mol. The van der Waals surface area contributed by atoms with Crippen LogP contribution < -0.4 is 10.6 Å². The van der Waals surface area contributed by atoms with Crippen LogP contribution in [0, 0.1) is 6.92 Å². The van der Waals surface area contributed by atoms with Crippen molar-refractivity contribution in [2.24, 2.45) is 0 Å². The molecular formula is C13H12ClN3OS. The highest BCUT2D eigenvalue weighted by Crippen LogP contribution is 2.33. The number of carbonyl (C=O) groups is 1. The molecule has 98 valence electrons. The minimum atomic E-state index is 0.0127. The zero-order valence-corrected chi connectivity index (χ0v) is 11.9. The second-order valence-electron chi connectivity index (χ2n) is 4.45. The summed E-state index contributed by atoms with van der Waals surface area (Å²) in [6.45, 7) is 2.61. The zero-order chi connectivity index (χ0) is 13.4. The molecule has 2 aromatic rings. The van der Waals surface area contributed by atoms with Crippen molar-refractivity contribution in [3.05, 3.63) is 38.8 Å². The van der Waals surface area contributed by atoms with Gasteiger partial charge in [-0.3, -0.25) is 4.79 Å². The number of carbonyl (C=O) groups excluding carboxylic acids is 1. The number of thiazole rings is 1. The molecule has 0 saturated heterocycles. The summed E-state index contributed by atoms with van der Waals surface area (Å²) in [6.07, 6.45) is 0.414. The van der Waals surface area contributed by atoms with Gasteiger partial charge in [0.15, 0.2) is 0 Å². The van der Waals surface area contributed by atoms with E-state index in [4.69, 9.17) is 11.6 Å². The molecule has 3 rings (SSSR count). The van der Waals surface area contributed by atoms with E-state index in [1.165, 1.54) is 0 Å². The van der Waals surface area contributed by atoms with Crippen LogP contribution in [0.1, 0.15) is 16.3 Å². The molecule has 0 unspecified atom stereocenters. The van der Waals surface area contributed by atoms with Crippen molar-refractivity contribution >= 4 is 40.2 Å². The third kappa shape index (κ3) is 2.57. The summed E-state index contributed by atoms with van der Waals surface area (Å²) in [4.78, 5) is 15.7. The number of aromatic nitrogens is 1. The van der Waals surface area contributed by atoms with Crippen molar-refractivity contribution in [1.82, 2.24) is 4.98 Å². The summed E-state index contributed by atoms with van der Waals surface area (Å²) in [7, 11) is 0. The second kappa shape index (κ2) is 4.83. The molecule has 1 amide bonds. The highest BCUT2D eigenvalue weighted by molar-refractivity contribution is 7.09. The Labute approximate surface area is 119 Å². The van der Waals surface area contributed by atoms with Gasteiger partial charge in [-0.25, -0.2) is 4.98 Å². The van der Waals surface area contributed by atoms with E-state index >= 15 is 0 Å². The summed E-state index contributed by atoms with van der Waals surface area (Å²) < 4.78 is 0. The normalized spacial score (nSPS) is 13.3. The fourth-order valence-electron chi connectivity index (χ4n) is 2.04. The molecule has 0 atom stereocenters. The van der Waals surface area contributed by atoms with Crippen LogP contribution in [0.5, 0.6) is 0 Å². The van der Waals surface area contributed by atoms with Crippen LogP contribution in [-0.2, 0) is 17.8 Å². The number of rotatable bonds is 3. The summed E-state index contributed by atoms with van der Waals surface area (Å²) in [5.74, 6) is 0.0127. The minimum Gasteiger partial charge on any atom is -0.377 e. The topological polar surface area (TPSA) is 54.0 Å². The maximum Gasteiger partial charge on any atom is 0.228 e. The van der Waals surface area contributed by atoms with Gasteiger partial charge in [0, 0.05) is 16.8 Å². The highest BCUT2D eigenvalue weighted by atomic mass is 35.5. The zero-order valence-electron chi connectivity index (χ0n) is 10.3. The van der Waals surface area contributed by atoms with Gasteiger partial charge in [0.05, 0.1) is 23.7 Å². The van der Waals surface area contributed by atoms with Gasteiger partial charge in [-0.2, -0.15) is 0 Å². The van der Waals surface area contributed by atoms with Crippen molar-refractivity contribution < 1.29 is 4.79 Å². The third-order valence-electron chi connectivity index (χ3n) is 2.91. The average Bonchev–Trinajstić information content (AvgIpc) is 2.91. The van der Waals surface area contributed by atoms with Crippen molar-refractivity contribution in [2.45, 2.75) is 19.9 Å². The van der Waals surface area contributed by atoms with E-state index in [9.17, 15) is 4.79 Å². The summed E-state index contributed by atoms with van der Waals surface area (Å²) in [5.41, 5.74) is 3.65. The van der Waals surface area contributed by atoms with Crippen molar-refractivity contribution in [3.8, 4) is 0 Å². The Balaban J connectivity index is 1.78. The van der Waals surface area contributed by atoms with Gasteiger partial charge in [0.1, 0.15) is 5.01 Å². The number of nitrogens with one attached hydrogen (secondary N) is 2.